The number of hydrogen-bond acceptors (Lipinski definition) is 3. The number of carbonyl (C=O) groups is 1. The molecule has 0 aromatic heterocycles. The molecule has 2 aliphatic rings. The second-order valence-electron chi connectivity index (χ2n) is 8.03. The van der Waals surface area contributed by atoms with Gasteiger partial charge >= 0.3 is 0 Å². The van der Waals surface area contributed by atoms with E-state index in [1.54, 1.807) is 31.3 Å². The van der Waals surface area contributed by atoms with Gasteiger partial charge in [0.15, 0.2) is 0 Å². The highest BCUT2D eigenvalue weighted by molar-refractivity contribution is 7.89. The number of amides is 1. The van der Waals surface area contributed by atoms with Gasteiger partial charge in [-0.3, -0.25) is 4.79 Å². The molecule has 0 aliphatic heterocycles. The Kier molecular flexibility index (Phi) is 6.58. The minimum absolute atomic E-state index is 0.00772. The van der Waals surface area contributed by atoms with Crippen molar-refractivity contribution in [3.63, 3.8) is 0 Å². The lowest BCUT2D eigenvalue weighted by molar-refractivity contribution is 0.0747. The van der Waals surface area contributed by atoms with Gasteiger partial charge in [0.2, 0.25) is 10.0 Å². The zero-order valence-corrected chi connectivity index (χ0v) is 17.4. The van der Waals surface area contributed by atoms with Gasteiger partial charge in [-0.25, -0.2) is 8.42 Å². The van der Waals surface area contributed by atoms with Crippen LogP contribution in [-0.4, -0.2) is 49.7 Å². The maximum absolute atomic E-state index is 12.9. The Morgan fingerprint density at radius 3 is 2.22 bits per heavy atom. The summed E-state index contributed by atoms with van der Waals surface area (Å²) in [5.74, 6) is 0.651. The molecular weight excluding hydrogens is 360 g/mol. The molecule has 0 unspecified atom stereocenters. The second-order valence-corrected chi connectivity index (χ2v) is 10.0. The summed E-state index contributed by atoms with van der Waals surface area (Å²) in [6.45, 7) is 3.64. The van der Waals surface area contributed by atoms with Crippen LogP contribution >= 0.6 is 0 Å². The largest absolute Gasteiger partial charge is 0.338 e. The number of sulfonamides is 1. The fraction of sp³-hybridized carbons (Fsp3) is 0.667. The van der Waals surface area contributed by atoms with Crippen LogP contribution in [0.15, 0.2) is 29.2 Å². The second kappa shape index (κ2) is 8.74. The van der Waals surface area contributed by atoms with Crippen molar-refractivity contribution < 1.29 is 13.2 Å². The van der Waals surface area contributed by atoms with Crippen LogP contribution in [-0.2, 0) is 10.0 Å². The zero-order valence-electron chi connectivity index (χ0n) is 16.6. The average Bonchev–Trinajstić information content (AvgIpc) is 3.51. The fourth-order valence-corrected chi connectivity index (χ4v) is 5.33. The minimum atomic E-state index is -3.51. The van der Waals surface area contributed by atoms with E-state index in [1.807, 2.05) is 4.90 Å². The molecule has 0 spiro atoms. The van der Waals surface area contributed by atoms with Gasteiger partial charge in [0.25, 0.3) is 5.91 Å². The van der Waals surface area contributed by atoms with Gasteiger partial charge < -0.3 is 4.90 Å². The van der Waals surface area contributed by atoms with Crippen LogP contribution in [0.5, 0.6) is 0 Å². The summed E-state index contributed by atoms with van der Waals surface area (Å²) in [5, 5.41) is 0. The molecule has 2 fully saturated rings. The average molecular weight is 393 g/mol. The first-order valence-corrected chi connectivity index (χ1v) is 11.7. The van der Waals surface area contributed by atoms with E-state index >= 15 is 0 Å². The molecule has 0 heterocycles. The van der Waals surface area contributed by atoms with Gasteiger partial charge in [0, 0.05) is 31.7 Å². The normalized spacial score (nSPS) is 18.6. The summed E-state index contributed by atoms with van der Waals surface area (Å²) in [5.41, 5.74) is 0.573. The van der Waals surface area contributed by atoms with E-state index in [4.69, 9.17) is 0 Å². The van der Waals surface area contributed by atoms with Crippen LogP contribution < -0.4 is 0 Å². The van der Waals surface area contributed by atoms with Crippen molar-refractivity contribution in [3.05, 3.63) is 29.8 Å². The molecule has 0 N–H and O–H groups in total. The summed E-state index contributed by atoms with van der Waals surface area (Å²) < 4.78 is 27.4. The van der Waals surface area contributed by atoms with E-state index in [1.165, 1.54) is 23.6 Å². The molecule has 27 heavy (non-hydrogen) atoms. The van der Waals surface area contributed by atoms with Gasteiger partial charge in [-0.2, -0.15) is 4.31 Å². The molecule has 1 amide bonds. The van der Waals surface area contributed by atoms with Gasteiger partial charge in [0.05, 0.1) is 4.90 Å². The Labute approximate surface area is 163 Å². The highest BCUT2D eigenvalue weighted by Gasteiger charge is 2.30. The van der Waals surface area contributed by atoms with E-state index < -0.39 is 10.0 Å². The summed E-state index contributed by atoms with van der Waals surface area (Å²) in [6, 6.07) is 6.59. The van der Waals surface area contributed by atoms with Crippen molar-refractivity contribution >= 4 is 15.9 Å². The summed E-state index contributed by atoms with van der Waals surface area (Å²) in [6.07, 6.45) is 8.57. The first kappa shape index (κ1) is 20.3. The number of hydrogen-bond donors (Lipinski definition) is 0. The number of nitrogens with zero attached hydrogens (tertiary/aromatic N) is 2. The Hall–Kier alpha value is -1.40. The highest BCUT2D eigenvalue weighted by Crippen LogP contribution is 2.30. The molecule has 6 heteroatoms. The quantitative estimate of drug-likeness (QED) is 0.674. The predicted octanol–water partition coefficient (Wildman–Crippen LogP) is 3.90. The van der Waals surface area contributed by atoms with Crippen molar-refractivity contribution in [2.45, 2.75) is 69.2 Å². The highest BCUT2D eigenvalue weighted by atomic mass is 32.2. The molecule has 3 rings (SSSR count). The van der Waals surface area contributed by atoms with Crippen LogP contribution in [0.25, 0.3) is 0 Å². The third kappa shape index (κ3) is 4.91. The lowest BCUT2D eigenvalue weighted by Crippen LogP contribution is -2.38. The smallest absolute Gasteiger partial charge is 0.253 e. The first-order valence-electron chi connectivity index (χ1n) is 10.3. The van der Waals surface area contributed by atoms with Crippen LogP contribution in [0.1, 0.15) is 68.6 Å². The van der Waals surface area contributed by atoms with Crippen molar-refractivity contribution in [2.24, 2.45) is 5.92 Å². The topological polar surface area (TPSA) is 57.7 Å². The monoisotopic (exact) mass is 392 g/mol. The molecular formula is C21H32N2O3S. The van der Waals surface area contributed by atoms with Crippen molar-refractivity contribution in [3.8, 4) is 0 Å². The fourth-order valence-electron chi connectivity index (χ4n) is 3.92. The lowest BCUT2D eigenvalue weighted by Gasteiger charge is -2.30. The van der Waals surface area contributed by atoms with Gasteiger partial charge in [-0.05, 0) is 62.3 Å². The molecule has 2 aliphatic carbocycles. The molecule has 0 atom stereocenters. The van der Waals surface area contributed by atoms with Crippen LogP contribution in [0, 0.1) is 5.92 Å². The van der Waals surface area contributed by atoms with E-state index in [2.05, 4.69) is 6.92 Å². The Morgan fingerprint density at radius 1 is 1.04 bits per heavy atom. The minimum Gasteiger partial charge on any atom is -0.338 e. The Balaban J connectivity index is 1.72. The van der Waals surface area contributed by atoms with Crippen LogP contribution in [0.3, 0.4) is 0 Å². The third-order valence-electron chi connectivity index (χ3n) is 5.82. The van der Waals surface area contributed by atoms with E-state index in [9.17, 15) is 13.2 Å². The molecule has 150 valence electrons. The summed E-state index contributed by atoms with van der Waals surface area (Å²) >= 11 is 0. The number of carbonyl (C=O) groups excluding carboxylic acids is 1. The zero-order chi connectivity index (χ0) is 19.4. The number of benzene rings is 1. The van der Waals surface area contributed by atoms with Crippen molar-refractivity contribution in [1.82, 2.24) is 9.21 Å². The molecule has 1 aromatic rings. The first-order chi connectivity index (χ1) is 12.9. The van der Waals surface area contributed by atoms with Crippen LogP contribution in [0.4, 0.5) is 0 Å². The van der Waals surface area contributed by atoms with Crippen molar-refractivity contribution in [2.75, 3.05) is 20.1 Å². The lowest BCUT2D eigenvalue weighted by atomic mass is 9.96. The van der Waals surface area contributed by atoms with Crippen LogP contribution in [0.2, 0.25) is 0 Å². The molecule has 5 nitrogen and oxygen atoms in total. The van der Waals surface area contributed by atoms with Gasteiger partial charge in [-0.15, -0.1) is 0 Å². The molecule has 0 bridgehead atoms. The number of rotatable bonds is 8. The Morgan fingerprint density at radius 2 is 1.67 bits per heavy atom. The summed E-state index contributed by atoms with van der Waals surface area (Å²) in [4.78, 5) is 15.0. The Bertz CT molecular complexity index is 735. The molecule has 0 saturated heterocycles. The van der Waals surface area contributed by atoms with E-state index in [0.717, 1.165) is 45.2 Å². The summed E-state index contributed by atoms with van der Waals surface area (Å²) in [7, 11) is -1.83. The van der Waals surface area contributed by atoms with Gasteiger partial charge in [0.1, 0.15) is 0 Å². The predicted molar refractivity (Wildman–Crippen MR) is 107 cm³/mol. The maximum Gasteiger partial charge on any atom is 0.253 e. The molecule has 0 radical (unpaired) electrons. The van der Waals surface area contributed by atoms with Gasteiger partial charge in [-0.1, -0.05) is 26.2 Å². The van der Waals surface area contributed by atoms with Crippen molar-refractivity contribution in [1.29, 1.82) is 0 Å². The molecule has 2 saturated carbocycles. The standard InChI is InChI=1S/C21H32N2O3S/c1-3-15-23(16-17-9-10-17)21(24)18-11-13-20(14-12-18)27(25,26)22(2)19-7-5-4-6-8-19/h11-14,17,19H,3-10,15-16H2,1-2H3. The SMILES string of the molecule is CCCN(CC1CC1)C(=O)c1ccc(S(=O)(=O)N(C)C2CCCCC2)cc1. The third-order valence-corrected chi connectivity index (χ3v) is 7.75. The van der Waals surface area contributed by atoms with E-state index in [0.29, 0.717) is 11.5 Å². The molecule has 1 aromatic carbocycles. The van der Waals surface area contributed by atoms with E-state index in [-0.39, 0.29) is 16.8 Å². The maximum atomic E-state index is 12.9.